The second kappa shape index (κ2) is 10.5. The van der Waals surface area contributed by atoms with E-state index in [-0.39, 0.29) is 44.4 Å². The van der Waals surface area contributed by atoms with Crippen LogP contribution in [0.5, 0.6) is 0 Å². The lowest BCUT2D eigenvalue weighted by atomic mass is 9.82. The van der Waals surface area contributed by atoms with Gasteiger partial charge in [0, 0.05) is 49.5 Å². The van der Waals surface area contributed by atoms with Gasteiger partial charge in [-0.25, -0.2) is 8.78 Å². The molecule has 1 aromatic heterocycles. The van der Waals surface area contributed by atoms with Crippen molar-refractivity contribution in [3.63, 3.8) is 0 Å². The molecule has 0 radical (unpaired) electrons. The van der Waals surface area contributed by atoms with Gasteiger partial charge in [0.1, 0.15) is 16.5 Å². The number of likely N-dealkylation sites (tertiary alicyclic amines) is 1. The number of hydrogen-bond acceptors (Lipinski definition) is 5. The first-order valence-electron chi connectivity index (χ1n) is 14.3. The molecule has 6 nitrogen and oxygen atoms in total. The summed E-state index contributed by atoms with van der Waals surface area (Å²) in [6.07, 6.45) is -2.74. The summed E-state index contributed by atoms with van der Waals surface area (Å²) in [4.78, 5) is 31.4. The van der Waals surface area contributed by atoms with Gasteiger partial charge in [0.25, 0.3) is 5.91 Å². The minimum Gasteiger partial charge on any atom is -0.297 e. The number of fused-ring (bicyclic) bond motifs is 1. The minimum absolute atomic E-state index is 0.0203. The fourth-order valence-electron chi connectivity index (χ4n) is 6.66. The van der Waals surface area contributed by atoms with Gasteiger partial charge in [-0.05, 0) is 74.3 Å². The maximum atomic E-state index is 14.4. The smallest absolute Gasteiger partial charge is 0.297 e. The van der Waals surface area contributed by atoms with Gasteiger partial charge in [-0.1, -0.05) is 19.4 Å². The van der Waals surface area contributed by atoms with Crippen LogP contribution in [-0.2, 0) is 15.8 Å². The first kappa shape index (κ1) is 33.8. The molecule has 3 aliphatic rings. The second-order valence-corrected chi connectivity index (χ2v) is 14.6. The number of nitrogens with zero attached hydrogens (tertiary/aromatic N) is 4. The highest BCUT2D eigenvalue weighted by Gasteiger charge is 2.69. The van der Waals surface area contributed by atoms with Crippen LogP contribution in [0, 0.1) is 23.3 Å². The van der Waals surface area contributed by atoms with Crippen molar-refractivity contribution in [1.82, 2.24) is 9.88 Å². The molecule has 2 heterocycles. The van der Waals surface area contributed by atoms with E-state index in [0.717, 1.165) is 11.1 Å². The molecule has 2 aliphatic carbocycles. The molecule has 46 heavy (non-hydrogen) atoms. The Morgan fingerprint density at radius 3 is 2.22 bits per heavy atom. The van der Waals surface area contributed by atoms with Crippen molar-refractivity contribution in [1.29, 1.82) is 5.26 Å². The largest absolute Gasteiger partial charge is 0.416 e. The van der Waals surface area contributed by atoms with Crippen molar-refractivity contribution in [2.75, 3.05) is 11.4 Å². The van der Waals surface area contributed by atoms with Crippen LogP contribution in [0.25, 0.3) is 0 Å². The van der Waals surface area contributed by atoms with Crippen molar-refractivity contribution in [2.45, 2.75) is 79.9 Å². The van der Waals surface area contributed by atoms with Gasteiger partial charge >= 0.3 is 16.4 Å². The van der Waals surface area contributed by atoms with Crippen molar-refractivity contribution in [3.05, 3.63) is 53.9 Å². The number of alkyl halides is 5. The highest BCUT2D eigenvalue weighted by Crippen LogP contribution is 3.02. The number of rotatable bonds is 9. The molecule has 0 bridgehead atoms. The van der Waals surface area contributed by atoms with E-state index in [1.165, 1.54) is 0 Å². The fourth-order valence-corrected chi connectivity index (χ4v) is 7.31. The zero-order valence-corrected chi connectivity index (χ0v) is 24.7. The number of halogens is 10. The number of ketones is 1. The molecule has 1 saturated heterocycles. The maximum Gasteiger partial charge on any atom is 0.416 e. The Hall–Kier alpha value is -3.55. The quantitative estimate of drug-likeness (QED) is 0.195. The molecule has 1 unspecified atom stereocenters. The average Bonchev–Trinajstić information content (AvgIpc) is 3.58. The van der Waals surface area contributed by atoms with Crippen LogP contribution >= 0.6 is 10.2 Å². The summed E-state index contributed by atoms with van der Waals surface area (Å²) in [6, 6.07) is -0.712. The third-order valence-corrected chi connectivity index (χ3v) is 10.3. The first-order valence-corrected chi connectivity index (χ1v) is 16.3. The molecule has 0 spiro atoms. The summed E-state index contributed by atoms with van der Waals surface area (Å²) in [5, 5.41) is 9.72. The molecule has 3 atom stereocenters. The standard InChI is InChI=1S/C29H28F10N4O2S/c30-27(31)11-7-18(8-12-27)1-6-24(44)25(22-16-41-13-9-23(22)29(32,33)34)43(26(45)28-15-19(28)10-14-42(28)17-40)20-2-4-21(5-3-20)46(35,36,37,38)39/h2-5,9,13,16,18-19,25H,1,6-8,10-12,14-15H2/t19-,25?,28+/m0/s1. The molecule has 252 valence electrons. The predicted octanol–water partition coefficient (Wildman–Crippen LogP) is 8.95. The van der Waals surface area contributed by atoms with E-state index in [2.05, 4.69) is 4.98 Å². The summed E-state index contributed by atoms with van der Waals surface area (Å²) in [7, 11) is -10.2. The number of Topliss-reactive ketones (excluding diaryl/α,β-unsaturated/α-hetero) is 1. The molecule has 2 saturated carbocycles. The second-order valence-electron chi connectivity index (χ2n) is 12.2. The van der Waals surface area contributed by atoms with Gasteiger partial charge in [0.15, 0.2) is 12.0 Å². The molecular formula is C29H28F10N4O2S. The Bertz CT molecular complexity index is 1570. The molecule has 0 N–H and O–H groups in total. The Kier molecular flexibility index (Phi) is 7.70. The van der Waals surface area contributed by atoms with E-state index in [1.807, 2.05) is 6.19 Å². The van der Waals surface area contributed by atoms with Gasteiger partial charge in [-0.2, -0.15) is 18.4 Å². The van der Waals surface area contributed by atoms with Crippen LogP contribution in [0.1, 0.15) is 68.5 Å². The molecule has 1 aromatic carbocycles. The van der Waals surface area contributed by atoms with Crippen LogP contribution < -0.4 is 4.90 Å². The third kappa shape index (κ3) is 6.50. The first-order chi connectivity index (χ1) is 21.1. The number of amides is 1. The lowest BCUT2D eigenvalue weighted by molar-refractivity contribution is -0.139. The van der Waals surface area contributed by atoms with Crippen molar-refractivity contribution in [3.8, 4) is 6.19 Å². The number of carbonyl (C=O) groups excluding carboxylic acids is 2. The highest BCUT2D eigenvalue weighted by atomic mass is 32.5. The van der Waals surface area contributed by atoms with Gasteiger partial charge in [0.05, 0.1) is 5.56 Å². The highest BCUT2D eigenvalue weighted by molar-refractivity contribution is 8.45. The Labute approximate surface area is 257 Å². The topological polar surface area (TPSA) is 77.3 Å². The number of benzene rings is 1. The molecule has 2 aromatic rings. The van der Waals surface area contributed by atoms with Crippen molar-refractivity contribution < 1.29 is 51.0 Å². The van der Waals surface area contributed by atoms with Crippen LogP contribution in [0.15, 0.2) is 47.6 Å². The number of anilines is 1. The van der Waals surface area contributed by atoms with Crippen LogP contribution in [0.3, 0.4) is 0 Å². The number of hydrogen-bond donors (Lipinski definition) is 0. The number of aromatic nitrogens is 1. The molecule has 5 rings (SSSR count). The lowest BCUT2D eigenvalue weighted by Gasteiger charge is -2.41. The lowest BCUT2D eigenvalue weighted by Crippen LogP contribution is -2.51. The Morgan fingerprint density at radius 1 is 1.04 bits per heavy atom. The van der Waals surface area contributed by atoms with E-state index < -0.39 is 98.4 Å². The average molecular weight is 687 g/mol. The van der Waals surface area contributed by atoms with Crippen LogP contribution in [0.2, 0.25) is 0 Å². The Morgan fingerprint density at radius 2 is 1.67 bits per heavy atom. The van der Waals surface area contributed by atoms with Gasteiger partial charge in [-0.3, -0.25) is 24.4 Å². The minimum atomic E-state index is -10.2. The van der Waals surface area contributed by atoms with E-state index in [0.29, 0.717) is 35.7 Å². The van der Waals surface area contributed by atoms with Crippen LogP contribution in [0.4, 0.5) is 47.1 Å². The van der Waals surface area contributed by atoms with Gasteiger partial charge in [0.2, 0.25) is 5.92 Å². The summed E-state index contributed by atoms with van der Waals surface area (Å²) >= 11 is 0. The molecule has 1 amide bonds. The van der Waals surface area contributed by atoms with E-state index >= 15 is 0 Å². The zero-order chi connectivity index (χ0) is 34.0. The van der Waals surface area contributed by atoms with E-state index in [1.54, 1.807) is 0 Å². The maximum absolute atomic E-state index is 14.4. The van der Waals surface area contributed by atoms with Crippen molar-refractivity contribution >= 4 is 27.6 Å². The molecular weight excluding hydrogens is 658 g/mol. The van der Waals surface area contributed by atoms with Gasteiger partial charge < -0.3 is 0 Å². The third-order valence-electron chi connectivity index (χ3n) is 9.18. The summed E-state index contributed by atoms with van der Waals surface area (Å²) in [5.74, 6) is -5.81. The molecule has 1 aliphatic heterocycles. The summed E-state index contributed by atoms with van der Waals surface area (Å²) in [6.45, 7) is 0.0928. The number of piperidine rings is 1. The zero-order valence-electron chi connectivity index (χ0n) is 23.9. The van der Waals surface area contributed by atoms with E-state index in [9.17, 15) is 56.2 Å². The predicted molar refractivity (Wildman–Crippen MR) is 146 cm³/mol. The Balaban J connectivity index is 1.63. The molecule has 17 heteroatoms. The monoisotopic (exact) mass is 686 g/mol. The molecule has 3 fully saturated rings. The normalized spacial score (nSPS) is 25.1. The van der Waals surface area contributed by atoms with E-state index in [4.69, 9.17) is 0 Å². The summed E-state index contributed by atoms with van der Waals surface area (Å²) < 4.78 is 138. The fraction of sp³-hybridized carbons (Fsp3) is 0.517. The summed E-state index contributed by atoms with van der Waals surface area (Å²) in [5.41, 5.74) is -4.40. The number of nitriles is 1. The number of carbonyl (C=O) groups is 2. The van der Waals surface area contributed by atoms with Crippen LogP contribution in [-0.4, -0.2) is 39.6 Å². The van der Waals surface area contributed by atoms with Gasteiger partial charge in [-0.15, -0.1) is 0 Å². The van der Waals surface area contributed by atoms with Crippen molar-refractivity contribution in [2.24, 2.45) is 11.8 Å². The number of pyridine rings is 1. The SMILES string of the molecule is N#CN1CC[C@H]2C[C@]21C(=O)N(c1ccc(S(F)(F)(F)(F)F)cc1)C(C(=O)CCC1CCC(F)(F)CC1)c1cnccc1C(F)(F)F.